The molecule has 1 rings (SSSR count). The highest BCUT2D eigenvalue weighted by molar-refractivity contribution is 6.49. The number of halogens is 6. The minimum absolute atomic E-state index is 0.275. The lowest BCUT2D eigenvalue weighted by Crippen LogP contribution is -2.49. The van der Waals surface area contributed by atoms with E-state index >= 15 is 0 Å². The van der Waals surface area contributed by atoms with Gasteiger partial charge in [-0.2, -0.15) is 0 Å². The van der Waals surface area contributed by atoms with Crippen molar-refractivity contribution >= 4 is 40.9 Å². The van der Waals surface area contributed by atoms with Gasteiger partial charge >= 0.3 is 12.4 Å². The summed E-state index contributed by atoms with van der Waals surface area (Å²) in [5.41, 5.74) is -1.21. The second-order valence-electron chi connectivity index (χ2n) is 3.60. The van der Waals surface area contributed by atoms with Crippen LogP contribution in [0.5, 0.6) is 0 Å². The molecule has 3 nitrogen and oxygen atoms in total. The normalized spacial score (nSPS) is 33.6. The highest BCUT2D eigenvalue weighted by Gasteiger charge is 2.60. The number of aliphatic imine (C=N–C) groups is 1. The first kappa shape index (κ1) is 15.0. The number of rotatable bonds is 2. The lowest BCUT2D eigenvalue weighted by atomic mass is 9.93. The Kier molecular flexibility index (Phi) is 4.01. The number of alkyl halides is 6. The summed E-state index contributed by atoms with van der Waals surface area (Å²) in [6, 6.07) is 0. The van der Waals surface area contributed by atoms with Crippen molar-refractivity contribution in [3.63, 3.8) is 0 Å². The zero-order chi connectivity index (χ0) is 13.5. The Morgan fingerprint density at radius 1 is 1.47 bits per heavy atom. The van der Waals surface area contributed by atoms with Crippen LogP contribution in [-0.2, 0) is 9.47 Å². The maximum absolute atomic E-state index is 12.0. The van der Waals surface area contributed by atoms with Crippen LogP contribution in [0.4, 0.5) is 13.2 Å². The topological polar surface area (TPSA) is 30.8 Å². The average Bonchev–Trinajstić information content (AvgIpc) is 2.37. The van der Waals surface area contributed by atoms with Crippen molar-refractivity contribution in [3.8, 4) is 0 Å². The predicted molar refractivity (Wildman–Crippen MR) is 58.4 cm³/mol. The van der Waals surface area contributed by atoms with E-state index in [1.54, 1.807) is 6.92 Å². The molecular formula is C8H9Cl3F3NO2. The zero-order valence-corrected chi connectivity index (χ0v) is 11.1. The molecule has 0 aliphatic carbocycles. The summed E-state index contributed by atoms with van der Waals surface area (Å²) in [7, 11) is 0. The highest BCUT2D eigenvalue weighted by Crippen LogP contribution is 2.47. The van der Waals surface area contributed by atoms with Crippen LogP contribution in [0.25, 0.3) is 0 Å². The Bertz CT molecular complexity index is 336. The Labute approximate surface area is 111 Å². The van der Waals surface area contributed by atoms with Crippen LogP contribution in [-0.4, -0.2) is 27.9 Å². The summed E-state index contributed by atoms with van der Waals surface area (Å²) in [5, 5.41) is -1.79. The molecule has 0 N–H and O–H groups in total. The maximum Gasteiger partial charge on any atom is 0.576 e. The number of hydrogen-bond donors (Lipinski definition) is 0. The van der Waals surface area contributed by atoms with E-state index in [4.69, 9.17) is 39.5 Å². The van der Waals surface area contributed by atoms with Crippen molar-refractivity contribution in [2.24, 2.45) is 4.99 Å². The van der Waals surface area contributed by atoms with E-state index in [0.29, 0.717) is 0 Å². The Balaban J connectivity index is 2.99. The molecule has 0 fully saturated rings. The van der Waals surface area contributed by atoms with E-state index in [9.17, 15) is 13.2 Å². The van der Waals surface area contributed by atoms with Crippen LogP contribution in [0.2, 0.25) is 0 Å². The summed E-state index contributed by atoms with van der Waals surface area (Å²) >= 11 is 17.2. The molecule has 0 radical (unpaired) electrons. The molecule has 2 atom stereocenters. The predicted octanol–water partition coefficient (Wildman–Crippen LogP) is 3.82. The Morgan fingerprint density at radius 2 is 2.00 bits per heavy atom. The second kappa shape index (κ2) is 4.55. The fraction of sp³-hybridized carbons (Fsp3) is 0.875. The third-order valence-corrected chi connectivity index (χ3v) is 4.02. The van der Waals surface area contributed by atoms with Gasteiger partial charge in [0.15, 0.2) is 4.84 Å². The van der Waals surface area contributed by atoms with Crippen LogP contribution in [0.3, 0.4) is 0 Å². The quantitative estimate of drug-likeness (QED) is 0.726. The van der Waals surface area contributed by atoms with Gasteiger partial charge in [0, 0.05) is 0 Å². The van der Waals surface area contributed by atoms with Gasteiger partial charge in [-0.1, -0.05) is 41.7 Å². The molecule has 9 heteroatoms. The first-order valence-electron chi connectivity index (χ1n) is 4.56. The van der Waals surface area contributed by atoms with E-state index in [0.717, 1.165) is 0 Å². The molecule has 0 amide bonds. The van der Waals surface area contributed by atoms with Gasteiger partial charge < -0.3 is 9.47 Å². The summed E-state index contributed by atoms with van der Waals surface area (Å²) in [5.74, 6) is 0. The van der Waals surface area contributed by atoms with Crippen LogP contribution in [0.15, 0.2) is 4.99 Å². The summed E-state index contributed by atoms with van der Waals surface area (Å²) < 4.78 is 44.4. The standard InChI is InChI=1S/C8H9Cl3F3NO2/c1-3-6(2)7(11,4(9)10)16-5(15-6)17-8(12,13)14/h4H,3H2,1-2H3. The van der Waals surface area contributed by atoms with E-state index in [-0.39, 0.29) is 6.42 Å². The van der Waals surface area contributed by atoms with Gasteiger partial charge in [-0.15, -0.1) is 13.2 Å². The first-order valence-corrected chi connectivity index (χ1v) is 5.81. The smallest absolute Gasteiger partial charge is 0.422 e. The average molecular weight is 315 g/mol. The molecular weight excluding hydrogens is 305 g/mol. The van der Waals surface area contributed by atoms with Gasteiger partial charge in [0.05, 0.1) is 0 Å². The van der Waals surface area contributed by atoms with Crippen LogP contribution < -0.4 is 0 Å². The summed E-state index contributed by atoms with van der Waals surface area (Å²) in [4.78, 5) is 2.38. The van der Waals surface area contributed by atoms with Crippen LogP contribution >= 0.6 is 34.8 Å². The molecule has 100 valence electrons. The minimum atomic E-state index is -4.91. The second-order valence-corrected chi connectivity index (χ2v) is 5.26. The van der Waals surface area contributed by atoms with Crippen molar-refractivity contribution in [2.75, 3.05) is 0 Å². The Morgan fingerprint density at radius 3 is 2.29 bits per heavy atom. The molecule has 1 aliphatic heterocycles. The summed E-state index contributed by atoms with van der Waals surface area (Å²) in [6.07, 6.45) is -5.62. The SMILES string of the molecule is CCC1(C)N=C(OC(F)(F)F)OC1(Cl)C(Cl)Cl. The van der Waals surface area contributed by atoms with Gasteiger partial charge in [-0.3, -0.25) is 0 Å². The third-order valence-electron chi connectivity index (χ3n) is 2.48. The zero-order valence-electron chi connectivity index (χ0n) is 8.82. The van der Waals surface area contributed by atoms with Gasteiger partial charge in [-0.25, -0.2) is 4.99 Å². The molecule has 0 aromatic heterocycles. The fourth-order valence-electron chi connectivity index (χ4n) is 1.28. The van der Waals surface area contributed by atoms with Crippen LogP contribution in [0, 0.1) is 0 Å². The third kappa shape index (κ3) is 2.85. The number of nitrogens with zero attached hydrogens (tertiary/aromatic N) is 1. The van der Waals surface area contributed by atoms with Gasteiger partial charge in [0.1, 0.15) is 5.54 Å². The molecule has 0 spiro atoms. The summed E-state index contributed by atoms with van der Waals surface area (Å²) in [6.45, 7) is 3.14. The lowest BCUT2D eigenvalue weighted by Gasteiger charge is -2.34. The number of hydrogen-bond acceptors (Lipinski definition) is 3. The first-order chi connectivity index (χ1) is 7.54. The van der Waals surface area contributed by atoms with Crippen molar-refractivity contribution in [1.29, 1.82) is 0 Å². The van der Waals surface area contributed by atoms with E-state index in [1.165, 1.54) is 6.92 Å². The molecule has 0 aromatic carbocycles. The lowest BCUT2D eigenvalue weighted by molar-refractivity contribution is -0.291. The van der Waals surface area contributed by atoms with Crippen molar-refractivity contribution in [3.05, 3.63) is 0 Å². The van der Waals surface area contributed by atoms with E-state index in [2.05, 4.69) is 9.73 Å². The monoisotopic (exact) mass is 313 g/mol. The Hall–Kier alpha value is -0.0700. The molecule has 0 saturated heterocycles. The fourth-order valence-corrected chi connectivity index (χ4v) is 2.08. The molecule has 0 bridgehead atoms. The minimum Gasteiger partial charge on any atom is -0.422 e. The molecule has 2 unspecified atom stereocenters. The van der Waals surface area contributed by atoms with E-state index < -0.39 is 27.9 Å². The van der Waals surface area contributed by atoms with Crippen molar-refractivity contribution in [1.82, 2.24) is 0 Å². The molecule has 1 aliphatic rings. The molecule has 0 aromatic rings. The van der Waals surface area contributed by atoms with E-state index in [1.807, 2.05) is 0 Å². The number of ether oxygens (including phenoxy) is 2. The van der Waals surface area contributed by atoms with Crippen molar-refractivity contribution < 1.29 is 22.6 Å². The van der Waals surface area contributed by atoms with Crippen molar-refractivity contribution in [2.45, 2.75) is 42.1 Å². The molecule has 0 saturated carbocycles. The highest BCUT2D eigenvalue weighted by atomic mass is 35.5. The van der Waals surface area contributed by atoms with Gasteiger partial charge in [-0.05, 0) is 13.3 Å². The largest absolute Gasteiger partial charge is 0.576 e. The van der Waals surface area contributed by atoms with Crippen LogP contribution in [0.1, 0.15) is 20.3 Å². The van der Waals surface area contributed by atoms with Gasteiger partial charge in [0.2, 0.25) is 5.06 Å². The van der Waals surface area contributed by atoms with Gasteiger partial charge in [0.25, 0.3) is 0 Å². The molecule has 1 heterocycles. The maximum atomic E-state index is 12.0. The molecule has 17 heavy (non-hydrogen) atoms.